The van der Waals surface area contributed by atoms with Gasteiger partial charge in [-0.05, 0) is 55.3 Å². The number of hydrogen-bond donors (Lipinski definition) is 0. The highest BCUT2D eigenvalue weighted by molar-refractivity contribution is 4.88. The molecule has 0 heterocycles. The van der Waals surface area contributed by atoms with Crippen LogP contribution in [0.1, 0.15) is 59.3 Å². The fourth-order valence-electron chi connectivity index (χ4n) is 4.32. The fourth-order valence-corrected chi connectivity index (χ4v) is 4.32. The molecule has 2 fully saturated rings. The van der Waals surface area contributed by atoms with Crippen LogP contribution < -0.4 is 0 Å². The van der Waals surface area contributed by atoms with E-state index in [0.717, 1.165) is 29.6 Å². The van der Waals surface area contributed by atoms with Gasteiger partial charge >= 0.3 is 0 Å². The standard InChI is InChI=1S/C16H30O/c1-11-5-7-14(8-6-11)15-9-10-16(17-4)13(3)12(15)2/h11-16H,5-10H2,1-4H3. The van der Waals surface area contributed by atoms with Gasteiger partial charge in [0.2, 0.25) is 0 Å². The second kappa shape index (κ2) is 5.73. The van der Waals surface area contributed by atoms with E-state index in [-0.39, 0.29) is 0 Å². The van der Waals surface area contributed by atoms with Gasteiger partial charge in [0.15, 0.2) is 0 Å². The summed E-state index contributed by atoms with van der Waals surface area (Å²) in [4.78, 5) is 0. The lowest BCUT2D eigenvalue weighted by Gasteiger charge is -2.44. The Morgan fingerprint density at radius 2 is 1.41 bits per heavy atom. The Labute approximate surface area is 107 Å². The SMILES string of the molecule is COC1CCC(C2CCC(C)CC2)C(C)C1C. The quantitative estimate of drug-likeness (QED) is 0.688. The molecule has 2 aliphatic rings. The topological polar surface area (TPSA) is 9.23 Å². The minimum absolute atomic E-state index is 0.517. The van der Waals surface area contributed by atoms with E-state index in [9.17, 15) is 0 Å². The van der Waals surface area contributed by atoms with E-state index in [1.807, 2.05) is 7.11 Å². The Bertz CT molecular complexity index is 228. The fraction of sp³-hybridized carbons (Fsp3) is 1.00. The van der Waals surface area contributed by atoms with Crippen molar-refractivity contribution >= 4 is 0 Å². The summed E-state index contributed by atoms with van der Waals surface area (Å²) in [6.45, 7) is 7.29. The molecule has 2 rings (SSSR count). The van der Waals surface area contributed by atoms with Crippen molar-refractivity contribution in [2.45, 2.75) is 65.4 Å². The molecule has 1 nitrogen and oxygen atoms in total. The first-order valence-electron chi connectivity index (χ1n) is 7.66. The van der Waals surface area contributed by atoms with Crippen molar-refractivity contribution in [2.24, 2.45) is 29.6 Å². The predicted octanol–water partition coefficient (Wildman–Crippen LogP) is 4.51. The van der Waals surface area contributed by atoms with Gasteiger partial charge in [0.25, 0.3) is 0 Å². The molecule has 0 aromatic carbocycles. The number of hydrogen-bond acceptors (Lipinski definition) is 1. The van der Waals surface area contributed by atoms with Crippen molar-refractivity contribution in [1.29, 1.82) is 0 Å². The molecule has 0 aromatic rings. The molecular formula is C16H30O. The second-order valence-electron chi connectivity index (χ2n) is 6.75. The van der Waals surface area contributed by atoms with E-state index in [4.69, 9.17) is 4.74 Å². The van der Waals surface area contributed by atoms with Crippen molar-refractivity contribution in [1.82, 2.24) is 0 Å². The van der Waals surface area contributed by atoms with E-state index < -0.39 is 0 Å². The maximum Gasteiger partial charge on any atom is 0.0599 e. The van der Waals surface area contributed by atoms with E-state index in [0.29, 0.717) is 6.10 Å². The summed E-state index contributed by atoms with van der Waals surface area (Å²) in [5, 5.41) is 0. The van der Waals surface area contributed by atoms with E-state index in [1.54, 1.807) is 0 Å². The highest BCUT2D eigenvalue weighted by Crippen LogP contribution is 2.45. The number of methoxy groups -OCH3 is 1. The molecular weight excluding hydrogens is 208 g/mol. The molecule has 0 bridgehead atoms. The smallest absolute Gasteiger partial charge is 0.0599 e. The summed E-state index contributed by atoms with van der Waals surface area (Å²) in [5.74, 6) is 4.57. The zero-order chi connectivity index (χ0) is 12.4. The van der Waals surface area contributed by atoms with Crippen molar-refractivity contribution in [3.8, 4) is 0 Å². The van der Waals surface area contributed by atoms with Gasteiger partial charge in [-0.25, -0.2) is 0 Å². The first kappa shape index (κ1) is 13.4. The van der Waals surface area contributed by atoms with Crippen LogP contribution in [0.15, 0.2) is 0 Å². The monoisotopic (exact) mass is 238 g/mol. The average Bonchev–Trinajstić information content (AvgIpc) is 2.34. The summed E-state index contributed by atoms with van der Waals surface area (Å²) in [6.07, 6.45) is 9.12. The molecule has 0 radical (unpaired) electrons. The minimum atomic E-state index is 0.517. The zero-order valence-corrected chi connectivity index (χ0v) is 12.1. The third-order valence-electron chi connectivity index (χ3n) is 5.84. The molecule has 17 heavy (non-hydrogen) atoms. The van der Waals surface area contributed by atoms with Crippen LogP contribution in [0, 0.1) is 29.6 Å². The minimum Gasteiger partial charge on any atom is -0.381 e. The zero-order valence-electron chi connectivity index (χ0n) is 12.1. The number of rotatable bonds is 2. The predicted molar refractivity (Wildman–Crippen MR) is 73.0 cm³/mol. The Balaban J connectivity index is 1.93. The van der Waals surface area contributed by atoms with Gasteiger partial charge in [-0.15, -0.1) is 0 Å². The summed E-state index contributed by atoms with van der Waals surface area (Å²) < 4.78 is 5.63. The summed E-state index contributed by atoms with van der Waals surface area (Å²) in [5.41, 5.74) is 0. The second-order valence-corrected chi connectivity index (χ2v) is 6.75. The molecule has 4 unspecified atom stereocenters. The summed E-state index contributed by atoms with van der Waals surface area (Å²) in [7, 11) is 1.89. The van der Waals surface area contributed by atoms with Gasteiger partial charge < -0.3 is 4.74 Å². The molecule has 2 aliphatic carbocycles. The van der Waals surface area contributed by atoms with Gasteiger partial charge in [-0.3, -0.25) is 0 Å². The van der Waals surface area contributed by atoms with Crippen molar-refractivity contribution in [3.05, 3.63) is 0 Å². The lowest BCUT2D eigenvalue weighted by atomic mass is 9.63. The Hall–Kier alpha value is -0.0400. The largest absolute Gasteiger partial charge is 0.381 e. The van der Waals surface area contributed by atoms with Crippen LogP contribution in [0.3, 0.4) is 0 Å². The van der Waals surface area contributed by atoms with Crippen LogP contribution in [0.25, 0.3) is 0 Å². The highest BCUT2D eigenvalue weighted by atomic mass is 16.5. The van der Waals surface area contributed by atoms with Crippen LogP contribution in [0.2, 0.25) is 0 Å². The molecule has 0 aromatic heterocycles. The third kappa shape index (κ3) is 2.86. The van der Waals surface area contributed by atoms with Crippen LogP contribution in [-0.2, 0) is 4.74 Å². The highest BCUT2D eigenvalue weighted by Gasteiger charge is 2.38. The van der Waals surface area contributed by atoms with Crippen LogP contribution in [0.4, 0.5) is 0 Å². The molecule has 4 atom stereocenters. The third-order valence-corrected chi connectivity index (χ3v) is 5.84. The van der Waals surface area contributed by atoms with Crippen molar-refractivity contribution < 1.29 is 4.74 Å². The van der Waals surface area contributed by atoms with Crippen molar-refractivity contribution in [2.75, 3.05) is 7.11 Å². The normalized spacial score (nSPS) is 48.0. The number of ether oxygens (including phenoxy) is 1. The lowest BCUT2D eigenvalue weighted by Crippen LogP contribution is -2.39. The maximum absolute atomic E-state index is 5.63. The van der Waals surface area contributed by atoms with Crippen LogP contribution >= 0.6 is 0 Å². The van der Waals surface area contributed by atoms with Gasteiger partial charge in [0, 0.05) is 7.11 Å². The first-order chi connectivity index (χ1) is 8.13. The Morgan fingerprint density at radius 1 is 0.765 bits per heavy atom. The van der Waals surface area contributed by atoms with Gasteiger partial charge in [0.1, 0.15) is 0 Å². The Morgan fingerprint density at radius 3 is 2.00 bits per heavy atom. The lowest BCUT2D eigenvalue weighted by molar-refractivity contribution is -0.0333. The summed E-state index contributed by atoms with van der Waals surface area (Å²) >= 11 is 0. The molecule has 0 aliphatic heterocycles. The molecule has 0 N–H and O–H groups in total. The maximum atomic E-state index is 5.63. The van der Waals surface area contributed by atoms with Gasteiger partial charge in [-0.2, -0.15) is 0 Å². The van der Waals surface area contributed by atoms with Gasteiger partial charge in [0.05, 0.1) is 6.10 Å². The van der Waals surface area contributed by atoms with E-state index in [2.05, 4.69) is 20.8 Å². The summed E-state index contributed by atoms with van der Waals surface area (Å²) in [6, 6.07) is 0. The van der Waals surface area contributed by atoms with Crippen LogP contribution in [0.5, 0.6) is 0 Å². The molecule has 100 valence electrons. The molecule has 0 spiro atoms. The molecule has 0 amide bonds. The molecule has 2 saturated carbocycles. The molecule has 0 saturated heterocycles. The van der Waals surface area contributed by atoms with Gasteiger partial charge in [-0.1, -0.05) is 33.6 Å². The van der Waals surface area contributed by atoms with E-state index in [1.165, 1.54) is 38.5 Å². The Kier molecular flexibility index (Phi) is 4.52. The van der Waals surface area contributed by atoms with Crippen LogP contribution in [-0.4, -0.2) is 13.2 Å². The molecule has 1 heteroatoms. The average molecular weight is 238 g/mol. The van der Waals surface area contributed by atoms with E-state index >= 15 is 0 Å². The van der Waals surface area contributed by atoms with Crippen molar-refractivity contribution in [3.63, 3.8) is 0 Å². The first-order valence-corrected chi connectivity index (χ1v) is 7.66.